The summed E-state index contributed by atoms with van der Waals surface area (Å²) in [6.07, 6.45) is 1.53. The Morgan fingerprint density at radius 3 is 2.68 bits per heavy atom. The number of esters is 2. The largest absolute Gasteiger partial charge is 0.465 e. The average molecular weight is 310 g/mol. The molecule has 1 aliphatic heterocycles. The van der Waals surface area contributed by atoms with Gasteiger partial charge in [-0.05, 0) is 30.6 Å². The maximum Gasteiger partial charge on any atom is 0.310 e. The summed E-state index contributed by atoms with van der Waals surface area (Å²) >= 11 is 0. The molecule has 0 unspecified atom stereocenters. The number of carbonyl (C=O) groups is 2. The minimum atomic E-state index is -0.523. The van der Waals surface area contributed by atoms with Crippen molar-refractivity contribution < 1.29 is 24.2 Å². The fourth-order valence-corrected chi connectivity index (χ4v) is 5.47. The van der Waals surface area contributed by atoms with Gasteiger partial charge in [-0.1, -0.05) is 20.8 Å². The van der Waals surface area contributed by atoms with Gasteiger partial charge in [0.05, 0.1) is 18.6 Å². The first-order valence-electron chi connectivity index (χ1n) is 8.20. The van der Waals surface area contributed by atoms with Crippen molar-refractivity contribution in [2.45, 2.75) is 59.2 Å². The molecule has 3 rings (SSSR count). The molecule has 0 aromatic carbocycles. The summed E-state index contributed by atoms with van der Waals surface area (Å²) in [4.78, 5) is 23.7. The molecule has 5 heteroatoms. The zero-order valence-electron chi connectivity index (χ0n) is 13.8. The minimum Gasteiger partial charge on any atom is -0.465 e. The van der Waals surface area contributed by atoms with Gasteiger partial charge < -0.3 is 14.6 Å². The molecule has 0 bridgehead atoms. The maximum absolute atomic E-state index is 12.3. The molecule has 2 saturated carbocycles. The Bertz CT molecular complexity index is 499. The second kappa shape index (κ2) is 4.95. The quantitative estimate of drug-likeness (QED) is 0.749. The highest BCUT2D eigenvalue weighted by atomic mass is 16.5. The van der Waals surface area contributed by atoms with Gasteiger partial charge in [0.15, 0.2) is 0 Å². The summed E-state index contributed by atoms with van der Waals surface area (Å²) in [7, 11) is 0. The summed E-state index contributed by atoms with van der Waals surface area (Å²) in [5.41, 5.74) is -0.467. The lowest BCUT2D eigenvalue weighted by molar-refractivity contribution is -0.193. The molecule has 2 aliphatic carbocycles. The summed E-state index contributed by atoms with van der Waals surface area (Å²) in [5.74, 6) is -0.636. The van der Waals surface area contributed by atoms with Crippen molar-refractivity contribution in [3.63, 3.8) is 0 Å². The first-order valence-corrected chi connectivity index (χ1v) is 8.20. The Labute approximate surface area is 131 Å². The van der Waals surface area contributed by atoms with Crippen molar-refractivity contribution in [3.05, 3.63) is 0 Å². The molecule has 5 nitrogen and oxygen atoms in total. The van der Waals surface area contributed by atoms with E-state index in [4.69, 9.17) is 9.47 Å². The lowest BCUT2D eigenvalue weighted by Gasteiger charge is -2.59. The lowest BCUT2D eigenvalue weighted by atomic mass is 9.45. The van der Waals surface area contributed by atoms with Crippen LogP contribution in [0.15, 0.2) is 0 Å². The van der Waals surface area contributed by atoms with Gasteiger partial charge in [0.25, 0.3) is 0 Å². The molecule has 6 atom stereocenters. The standard InChI is InChI=1S/C17H26O5/c1-9(18)22-13-5-6-17(4)12(16(13,2)3)7-11(19)10-8-21-15(20)14(10)17/h10-14,19H,5-8H2,1-4H3/t10-,11+,12+,13+,14-,17-/m0/s1. The van der Waals surface area contributed by atoms with E-state index in [1.54, 1.807) is 0 Å². The molecule has 0 spiro atoms. The second-order valence-electron chi connectivity index (χ2n) is 8.09. The third kappa shape index (κ3) is 2.08. The second-order valence-corrected chi connectivity index (χ2v) is 8.09. The average Bonchev–Trinajstić information content (AvgIpc) is 2.80. The van der Waals surface area contributed by atoms with E-state index < -0.39 is 6.10 Å². The molecule has 3 fully saturated rings. The molecule has 3 aliphatic rings. The zero-order chi connectivity index (χ0) is 16.3. The van der Waals surface area contributed by atoms with Crippen molar-refractivity contribution in [2.24, 2.45) is 28.6 Å². The molecule has 0 radical (unpaired) electrons. The fraction of sp³-hybridized carbons (Fsp3) is 0.882. The number of carbonyl (C=O) groups excluding carboxylic acids is 2. The molecule has 124 valence electrons. The van der Waals surface area contributed by atoms with E-state index in [1.807, 2.05) is 0 Å². The summed E-state index contributed by atoms with van der Waals surface area (Å²) in [6, 6.07) is 0. The minimum absolute atomic E-state index is 0.0881. The predicted molar refractivity (Wildman–Crippen MR) is 78.7 cm³/mol. The Hall–Kier alpha value is -1.10. The lowest BCUT2D eigenvalue weighted by Crippen LogP contribution is -2.60. The first kappa shape index (κ1) is 15.8. The Morgan fingerprint density at radius 1 is 1.36 bits per heavy atom. The summed E-state index contributed by atoms with van der Waals surface area (Å²) < 4.78 is 10.8. The number of cyclic esters (lactones) is 1. The SMILES string of the molecule is CC(=O)O[C@@H]1CC[C@]2(C)[C@@H]3C(=O)OC[C@H]3[C@H](O)C[C@@H]2C1(C)C. The van der Waals surface area contributed by atoms with Crippen LogP contribution in [0.3, 0.4) is 0 Å². The third-order valence-electron chi connectivity index (χ3n) is 6.56. The third-order valence-corrected chi connectivity index (χ3v) is 6.56. The van der Waals surface area contributed by atoms with E-state index in [9.17, 15) is 14.7 Å². The van der Waals surface area contributed by atoms with E-state index in [1.165, 1.54) is 6.92 Å². The Morgan fingerprint density at radius 2 is 2.05 bits per heavy atom. The van der Waals surface area contributed by atoms with Crippen molar-refractivity contribution in [3.8, 4) is 0 Å². The van der Waals surface area contributed by atoms with Crippen molar-refractivity contribution in [1.29, 1.82) is 0 Å². The van der Waals surface area contributed by atoms with E-state index >= 15 is 0 Å². The molecule has 0 aromatic rings. The summed E-state index contributed by atoms with van der Waals surface area (Å²) in [6.45, 7) is 8.11. The van der Waals surface area contributed by atoms with E-state index in [-0.39, 0.29) is 46.6 Å². The molecular weight excluding hydrogens is 284 g/mol. The van der Waals surface area contributed by atoms with Gasteiger partial charge in [-0.2, -0.15) is 0 Å². The van der Waals surface area contributed by atoms with Crippen LogP contribution in [-0.4, -0.2) is 35.9 Å². The van der Waals surface area contributed by atoms with Crippen LogP contribution < -0.4 is 0 Å². The van der Waals surface area contributed by atoms with Crippen LogP contribution in [0.4, 0.5) is 0 Å². The van der Waals surface area contributed by atoms with Gasteiger partial charge in [0, 0.05) is 18.3 Å². The van der Waals surface area contributed by atoms with Gasteiger partial charge in [0.1, 0.15) is 6.10 Å². The van der Waals surface area contributed by atoms with Crippen LogP contribution >= 0.6 is 0 Å². The van der Waals surface area contributed by atoms with Crippen LogP contribution in [0.2, 0.25) is 0 Å². The number of fused-ring (bicyclic) bond motifs is 3. The molecule has 1 heterocycles. The highest BCUT2D eigenvalue weighted by molar-refractivity contribution is 5.76. The highest BCUT2D eigenvalue weighted by Gasteiger charge is 2.64. The normalized spacial score (nSPS) is 46.4. The molecule has 1 N–H and O–H groups in total. The molecular formula is C17H26O5. The maximum atomic E-state index is 12.3. The van der Waals surface area contributed by atoms with Crippen LogP contribution in [0.1, 0.15) is 47.0 Å². The monoisotopic (exact) mass is 310 g/mol. The number of aliphatic hydroxyl groups excluding tert-OH is 1. The van der Waals surface area contributed by atoms with Crippen molar-refractivity contribution in [1.82, 2.24) is 0 Å². The van der Waals surface area contributed by atoms with E-state index in [0.29, 0.717) is 13.0 Å². The van der Waals surface area contributed by atoms with Gasteiger partial charge >= 0.3 is 11.9 Å². The van der Waals surface area contributed by atoms with Crippen LogP contribution in [0, 0.1) is 28.6 Å². The highest BCUT2D eigenvalue weighted by Crippen LogP contribution is 2.62. The molecule has 1 saturated heterocycles. The van der Waals surface area contributed by atoms with E-state index in [0.717, 1.165) is 12.8 Å². The molecule has 0 amide bonds. The number of ether oxygens (including phenoxy) is 2. The number of hydrogen-bond acceptors (Lipinski definition) is 5. The van der Waals surface area contributed by atoms with Crippen LogP contribution in [-0.2, 0) is 19.1 Å². The summed E-state index contributed by atoms with van der Waals surface area (Å²) in [5, 5.41) is 10.5. The number of hydrogen-bond donors (Lipinski definition) is 1. The van der Waals surface area contributed by atoms with E-state index in [2.05, 4.69) is 20.8 Å². The number of rotatable bonds is 1. The molecule has 0 aromatic heterocycles. The van der Waals surface area contributed by atoms with Crippen molar-refractivity contribution in [2.75, 3.05) is 6.61 Å². The predicted octanol–water partition coefficient (Wildman–Crippen LogP) is 1.91. The van der Waals surface area contributed by atoms with Gasteiger partial charge in [0.2, 0.25) is 0 Å². The van der Waals surface area contributed by atoms with Gasteiger partial charge in [-0.25, -0.2) is 0 Å². The van der Waals surface area contributed by atoms with Gasteiger partial charge in [-0.15, -0.1) is 0 Å². The first-order chi connectivity index (χ1) is 10.2. The van der Waals surface area contributed by atoms with Crippen molar-refractivity contribution >= 4 is 11.9 Å². The zero-order valence-corrected chi connectivity index (χ0v) is 13.8. The Balaban J connectivity index is 1.96. The smallest absolute Gasteiger partial charge is 0.310 e. The topological polar surface area (TPSA) is 72.8 Å². The van der Waals surface area contributed by atoms with Gasteiger partial charge in [-0.3, -0.25) is 9.59 Å². The number of aliphatic hydroxyl groups is 1. The Kier molecular flexibility index (Phi) is 3.55. The van der Waals surface area contributed by atoms with Crippen LogP contribution in [0.5, 0.6) is 0 Å². The molecule has 22 heavy (non-hydrogen) atoms. The van der Waals surface area contributed by atoms with Crippen LogP contribution in [0.25, 0.3) is 0 Å². The fourth-order valence-electron chi connectivity index (χ4n) is 5.47.